The summed E-state index contributed by atoms with van der Waals surface area (Å²) in [4.78, 5) is 0. The van der Waals surface area contributed by atoms with Crippen LogP contribution in [0.2, 0.25) is 0 Å². The Morgan fingerprint density at radius 2 is 1.83 bits per heavy atom. The molecule has 0 saturated carbocycles. The van der Waals surface area contributed by atoms with Crippen LogP contribution >= 0.6 is 0 Å². The molecule has 12 heavy (non-hydrogen) atoms. The van der Waals surface area contributed by atoms with Gasteiger partial charge in [-0.25, -0.2) is 0 Å². The van der Waals surface area contributed by atoms with E-state index in [9.17, 15) is 0 Å². The SMILES string of the molecule is CC(CCO)CCOC(C)(C)C. The zero-order chi connectivity index (χ0) is 9.61. The molecule has 1 atom stereocenters. The maximum absolute atomic E-state index is 8.66. The van der Waals surface area contributed by atoms with Gasteiger partial charge in [-0.15, -0.1) is 0 Å². The quantitative estimate of drug-likeness (QED) is 0.692. The van der Waals surface area contributed by atoms with Crippen LogP contribution in [0.1, 0.15) is 40.5 Å². The number of aliphatic hydroxyl groups is 1. The Labute approximate surface area is 75.9 Å². The van der Waals surface area contributed by atoms with Crippen molar-refractivity contribution >= 4 is 0 Å². The molecule has 1 unspecified atom stereocenters. The molecular formula is C10H22O2. The lowest BCUT2D eigenvalue weighted by atomic mass is 10.1. The molecule has 0 fully saturated rings. The van der Waals surface area contributed by atoms with Crippen molar-refractivity contribution in [2.24, 2.45) is 5.92 Å². The minimum Gasteiger partial charge on any atom is -0.396 e. The Balaban J connectivity index is 3.31. The molecule has 0 aromatic rings. The van der Waals surface area contributed by atoms with Gasteiger partial charge in [0.1, 0.15) is 0 Å². The van der Waals surface area contributed by atoms with Crippen molar-refractivity contribution in [1.29, 1.82) is 0 Å². The van der Waals surface area contributed by atoms with Gasteiger partial charge in [-0.2, -0.15) is 0 Å². The highest BCUT2D eigenvalue weighted by Crippen LogP contribution is 2.11. The summed E-state index contributed by atoms with van der Waals surface area (Å²) in [5.74, 6) is 0.567. The molecule has 2 heteroatoms. The summed E-state index contributed by atoms with van der Waals surface area (Å²) < 4.78 is 5.56. The van der Waals surface area contributed by atoms with Gasteiger partial charge in [-0.1, -0.05) is 6.92 Å². The van der Waals surface area contributed by atoms with Crippen molar-refractivity contribution in [3.05, 3.63) is 0 Å². The van der Waals surface area contributed by atoms with Crippen LogP contribution < -0.4 is 0 Å². The van der Waals surface area contributed by atoms with E-state index in [2.05, 4.69) is 27.7 Å². The Bertz CT molecular complexity index is 105. The predicted octanol–water partition coefficient (Wildman–Crippen LogP) is 2.21. The van der Waals surface area contributed by atoms with Crippen LogP contribution in [0.25, 0.3) is 0 Å². The lowest BCUT2D eigenvalue weighted by Crippen LogP contribution is -2.20. The van der Waals surface area contributed by atoms with Gasteiger partial charge in [-0.3, -0.25) is 0 Å². The first-order chi connectivity index (χ1) is 5.45. The van der Waals surface area contributed by atoms with Gasteiger partial charge in [-0.05, 0) is 39.5 Å². The second kappa shape index (κ2) is 5.55. The van der Waals surface area contributed by atoms with Crippen molar-refractivity contribution in [3.63, 3.8) is 0 Å². The molecule has 0 aliphatic carbocycles. The average Bonchev–Trinajstić information content (AvgIpc) is 1.84. The highest BCUT2D eigenvalue weighted by molar-refractivity contribution is 4.59. The van der Waals surface area contributed by atoms with E-state index >= 15 is 0 Å². The van der Waals surface area contributed by atoms with Crippen molar-refractivity contribution in [1.82, 2.24) is 0 Å². The number of hydrogen-bond acceptors (Lipinski definition) is 2. The molecule has 0 rings (SSSR count). The summed E-state index contributed by atoms with van der Waals surface area (Å²) in [5, 5.41) is 8.66. The second-order valence-electron chi connectivity index (χ2n) is 4.37. The summed E-state index contributed by atoms with van der Waals surface area (Å²) in [7, 11) is 0. The Morgan fingerprint density at radius 3 is 2.25 bits per heavy atom. The molecular weight excluding hydrogens is 152 g/mol. The fourth-order valence-electron chi connectivity index (χ4n) is 0.931. The highest BCUT2D eigenvalue weighted by atomic mass is 16.5. The van der Waals surface area contributed by atoms with E-state index < -0.39 is 0 Å². The smallest absolute Gasteiger partial charge is 0.0598 e. The maximum atomic E-state index is 8.66. The summed E-state index contributed by atoms with van der Waals surface area (Å²) in [6.07, 6.45) is 1.92. The normalized spacial score (nSPS) is 14.8. The summed E-state index contributed by atoms with van der Waals surface area (Å²) in [5.41, 5.74) is -0.0288. The van der Waals surface area contributed by atoms with Crippen LogP contribution in [-0.2, 0) is 4.74 Å². The van der Waals surface area contributed by atoms with Crippen LogP contribution in [-0.4, -0.2) is 23.9 Å². The summed E-state index contributed by atoms with van der Waals surface area (Å²) >= 11 is 0. The Morgan fingerprint density at radius 1 is 1.25 bits per heavy atom. The topological polar surface area (TPSA) is 29.5 Å². The van der Waals surface area contributed by atoms with E-state index in [1.54, 1.807) is 0 Å². The van der Waals surface area contributed by atoms with Gasteiger partial charge in [0.05, 0.1) is 5.60 Å². The average molecular weight is 174 g/mol. The fourth-order valence-corrected chi connectivity index (χ4v) is 0.931. The third kappa shape index (κ3) is 8.02. The zero-order valence-electron chi connectivity index (χ0n) is 8.76. The minimum absolute atomic E-state index is 0.0288. The maximum Gasteiger partial charge on any atom is 0.0598 e. The molecule has 0 heterocycles. The lowest BCUT2D eigenvalue weighted by molar-refractivity contribution is -0.00934. The van der Waals surface area contributed by atoms with Gasteiger partial charge in [0.15, 0.2) is 0 Å². The minimum atomic E-state index is -0.0288. The van der Waals surface area contributed by atoms with E-state index in [1.807, 2.05) is 0 Å². The number of aliphatic hydroxyl groups excluding tert-OH is 1. The monoisotopic (exact) mass is 174 g/mol. The third-order valence-electron chi connectivity index (χ3n) is 1.77. The predicted molar refractivity (Wildman–Crippen MR) is 51.2 cm³/mol. The van der Waals surface area contributed by atoms with E-state index in [-0.39, 0.29) is 12.2 Å². The molecule has 0 radical (unpaired) electrons. The van der Waals surface area contributed by atoms with E-state index in [0.717, 1.165) is 19.4 Å². The van der Waals surface area contributed by atoms with E-state index in [4.69, 9.17) is 9.84 Å². The second-order valence-corrected chi connectivity index (χ2v) is 4.37. The molecule has 0 spiro atoms. The molecule has 74 valence electrons. The van der Waals surface area contributed by atoms with E-state index in [0.29, 0.717) is 5.92 Å². The number of rotatable bonds is 5. The van der Waals surface area contributed by atoms with Crippen LogP contribution in [0.15, 0.2) is 0 Å². The van der Waals surface area contributed by atoms with Crippen LogP contribution in [0.5, 0.6) is 0 Å². The van der Waals surface area contributed by atoms with Gasteiger partial charge in [0.25, 0.3) is 0 Å². The zero-order valence-corrected chi connectivity index (χ0v) is 8.76. The van der Waals surface area contributed by atoms with Gasteiger partial charge < -0.3 is 9.84 Å². The van der Waals surface area contributed by atoms with Crippen molar-refractivity contribution in [2.75, 3.05) is 13.2 Å². The summed E-state index contributed by atoms with van der Waals surface area (Å²) in [6, 6.07) is 0. The van der Waals surface area contributed by atoms with Gasteiger partial charge >= 0.3 is 0 Å². The van der Waals surface area contributed by atoms with Crippen molar-refractivity contribution in [3.8, 4) is 0 Å². The lowest BCUT2D eigenvalue weighted by Gasteiger charge is -2.20. The first-order valence-corrected chi connectivity index (χ1v) is 4.70. The van der Waals surface area contributed by atoms with Crippen LogP contribution in [0.4, 0.5) is 0 Å². The first-order valence-electron chi connectivity index (χ1n) is 4.70. The number of hydrogen-bond donors (Lipinski definition) is 1. The summed E-state index contributed by atoms with van der Waals surface area (Å²) in [6.45, 7) is 9.40. The highest BCUT2D eigenvalue weighted by Gasteiger charge is 2.10. The molecule has 2 nitrogen and oxygen atoms in total. The molecule has 0 bridgehead atoms. The van der Waals surface area contributed by atoms with Crippen LogP contribution in [0.3, 0.4) is 0 Å². The standard InChI is InChI=1S/C10H22O2/c1-9(5-7-11)6-8-12-10(2,3)4/h9,11H,5-8H2,1-4H3. The Hall–Kier alpha value is -0.0800. The van der Waals surface area contributed by atoms with Crippen molar-refractivity contribution in [2.45, 2.75) is 46.1 Å². The van der Waals surface area contributed by atoms with Gasteiger partial charge in [0.2, 0.25) is 0 Å². The molecule has 0 aromatic heterocycles. The first kappa shape index (κ1) is 11.9. The molecule has 0 aromatic carbocycles. The molecule has 1 N–H and O–H groups in total. The Kier molecular flexibility index (Phi) is 5.51. The molecule has 0 saturated heterocycles. The molecule has 0 aliphatic heterocycles. The number of ether oxygens (including phenoxy) is 1. The van der Waals surface area contributed by atoms with Crippen LogP contribution in [0, 0.1) is 5.92 Å². The molecule has 0 aliphatic rings. The largest absolute Gasteiger partial charge is 0.396 e. The van der Waals surface area contributed by atoms with Crippen molar-refractivity contribution < 1.29 is 9.84 Å². The van der Waals surface area contributed by atoms with E-state index in [1.165, 1.54) is 0 Å². The molecule has 0 amide bonds. The third-order valence-corrected chi connectivity index (χ3v) is 1.77. The fraction of sp³-hybridized carbons (Fsp3) is 1.00. The van der Waals surface area contributed by atoms with Gasteiger partial charge in [0, 0.05) is 13.2 Å².